The molecule has 1 atom stereocenters. The van der Waals surface area contributed by atoms with E-state index in [0.717, 1.165) is 5.56 Å². The molecule has 6 heteroatoms. The van der Waals surface area contributed by atoms with Gasteiger partial charge in [0.2, 0.25) is 5.91 Å². The van der Waals surface area contributed by atoms with Crippen LogP contribution in [0.1, 0.15) is 15.9 Å². The lowest BCUT2D eigenvalue weighted by Gasteiger charge is -2.09. The van der Waals surface area contributed by atoms with E-state index in [1.54, 1.807) is 42.5 Å². The van der Waals surface area contributed by atoms with E-state index in [4.69, 9.17) is 16.2 Å². The van der Waals surface area contributed by atoms with Gasteiger partial charge in [0.15, 0.2) is 0 Å². The summed E-state index contributed by atoms with van der Waals surface area (Å²) < 4.78 is 17.7. The lowest BCUT2D eigenvalue weighted by atomic mass is 10.1. The number of carbonyl (C=O) groups is 1. The van der Waals surface area contributed by atoms with E-state index < -0.39 is 16.7 Å². The van der Waals surface area contributed by atoms with E-state index in [1.807, 2.05) is 0 Å². The van der Waals surface area contributed by atoms with Crippen LogP contribution in [0.15, 0.2) is 47.4 Å². The van der Waals surface area contributed by atoms with Crippen molar-refractivity contribution in [3.05, 3.63) is 53.6 Å². The summed E-state index contributed by atoms with van der Waals surface area (Å²) in [6.45, 7) is 0. The first kappa shape index (κ1) is 15.1. The number of ether oxygens (including phenoxy) is 1. The maximum absolute atomic E-state index is 12.5. The van der Waals surface area contributed by atoms with Gasteiger partial charge in [-0.3, -0.25) is 9.00 Å². The molecule has 110 valence electrons. The van der Waals surface area contributed by atoms with Gasteiger partial charge in [0, 0.05) is 17.3 Å². The standard InChI is InChI=1S/C15H16N2O3S/c1-20-13-8-12(16)5-6-14(13)21(19)9-10-3-2-4-11(7-10)15(17)18/h2-8H,9,16H2,1H3,(H2,17,18). The molecule has 0 fully saturated rings. The molecule has 4 N–H and O–H groups in total. The average Bonchev–Trinajstić information content (AvgIpc) is 2.47. The van der Waals surface area contributed by atoms with Crippen molar-refractivity contribution >= 4 is 22.4 Å². The van der Waals surface area contributed by atoms with Crippen molar-refractivity contribution in [1.29, 1.82) is 0 Å². The highest BCUT2D eigenvalue weighted by Gasteiger charge is 2.12. The topological polar surface area (TPSA) is 95.4 Å². The van der Waals surface area contributed by atoms with Crippen LogP contribution in [-0.4, -0.2) is 17.2 Å². The van der Waals surface area contributed by atoms with Crippen molar-refractivity contribution in [3.8, 4) is 5.75 Å². The number of hydrogen-bond donors (Lipinski definition) is 2. The maximum atomic E-state index is 12.5. The van der Waals surface area contributed by atoms with Crippen LogP contribution in [-0.2, 0) is 16.6 Å². The molecule has 0 aromatic heterocycles. The number of rotatable bonds is 5. The Hall–Kier alpha value is -2.34. The van der Waals surface area contributed by atoms with Gasteiger partial charge < -0.3 is 16.2 Å². The summed E-state index contributed by atoms with van der Waals surface area (Å²) >= 11 is 0. The quantitative estimate of drug-likeness (QED) is 0.822. The Labute approximate surface area is 125 Å². The first-order valence-electron chi connectivity index (χ1n) is 6.22. The van der Waals surface area contributed by atoms with E-state index in [9.17, 15) is 9.00 Å². The van der Waals surface area contributed by atoms with Crippen LogP contribution in [0, 0.1) is 0 Å². The van der Waals surface area contributed by atoms with E-state index in [2.05, 4.69) is 0 Å². The third-order valence-corrected chi connectivity index (χ3v) is 4.37. The van der Waals surface area contributed by atoms with Gasteiger partial charge >= 0.3 is 0 Å². The Morgan fingerprint density at radius 2 is 2.00 bits per heavy atom. The second-order valence-electron chi connectivity index (χ2n) is 4.46. The molecule has 0 aliphatic carbocycles. The lowest BCUT2D eigenvalue weighted by molar-refractivity contribution is 0.1000. The number of primary amides is 1. The zero-order chi connectivity index (χ0) is 15.4. The second kappa shape index (κ2) is 6.41. The molecular weight excluding hydrogens is 288 g/mol. The molecule has 0 saturated heterocycles. The SMILES string of the molecule is COc1cc(N)ccc1S(=O)Cc1cccc(C(N)=O)c1. The van der Waals surface area contributed by atoms with Crippen LogP contribution in [0.4, 0.5) is 5.69 Å². The molecular formula is C15H16N2O3S. The molecule has 0 bridgehead atoms. The minimum Gasteiger partial charge on any atom is -0.495 e. The van der Waals surface area contributed by atoms with Gasteiger partial charge in [0.05, 0.1) is 28.6 Å². The smallest absolute Gasteiger partial charge is 0.248 e. The van der Waals surface area contributed by atoms with Crippen LogP contribution in [0.5, 0.6) is 5.75 Å². The molecule has 1 amide bonds. The summed E-state index contributed by atoms with van der Waals surface area (Å²) in [5.41, 5.74) is 12.6. The first-order valence-corrected chi connectivity index (χ1v) is 7.54. The number of hydrogen-bond acceptors (Lipinski definition) is 4. The van der Waals surface area contributed by atoms with Crippen LogP contribution in [0.2, 0.25) is 0 Å². The van der Waals surface area contributed by atoms with Crippen molar-refractivity contribution in [2.45, 2.75) is 10.6 Å². The van der Waals surface area contributed by atoms with Gasteiger partial charge in [0.1, 0.15) is 5.75 Å². The molecule has 1 unspecified atom stereocenters. The first-order chi connectivity index (χ1) is 10.0. The third-order valence-electron chi connectivity index (χ3n) is 2.94. The van der Waals surface area contributed by atoms with Crippen LogP contribution in [0.3, 0.4) is 0 Å². The average molecular weight is 304 g/mol. The van der Waals surface area contributed by atoms with Crippen molar-refractivity contribution in [2.24, 2.45) is 5.73 Å². The summed E-state index contributed by atoms with van der Waals surface area (Å²) in [4.78, 5) is 11.7. The van der Waals surface area contributed by atoms with Gasteiger partial charge in [-0.2, -0.15) is 0 Å². The van der Waals surface area contributed by atoms with Gasteiger partial charge in [0.25, 0.3) is 0 Å². The normalized spacial score (nSPS) is 11.9. The molecule has 0 radical (unpaired) electrons. The molecule has 0 aliphatic rings. The number of nitrogens with two attached hydrogens (primary N) is 2. The fraction of sp³-hybridized carbons (Fsp3) is 0.133. The number of anilines is 1. The summed E-state index contributed by atoms with van der Waals surface area (Å²) in [7, 11) is 0.195. The summed E-state index contributed by atoms with van der Waals surface area (Å²) in [6.07, 6.45) is 0. The molecule has 5 nitrogen and oxygen atoms in total. The Balaban J connectivity index is 2.26. The maximum Gasteiger partial charge on any atom is 0.248 e. The highest BCUT2D eigenvalue weighted by atomic mass is 32.2. The molecule has 2 rings (SSSR count). The molecule has 2 aromatic carbocycles. The van der Waals surface area contributed by atoms with Gasteiger partial charge in [-0.15, -0.1) is 0 Å². The fourth-order valence-corrected chi connectivity index (χ4v) is 3.14. The zero-order valence-electron chi connectivity index (χ0n) is 11.5. The number of amides is 1. The Morgan fingerprint density at radius 1 is 1.24 bits per heavy atom. The molecule has 0 spiro atoms. The summed E-state index contributed by atoms with van der Waals surface area (Å²) in [6, 6.07) is 11.8. The minimum atomic E-state index is -1.31. The summed E-state index contributed by atoms with van der Waals surface area (Å²) in [5, 5.41) is 0. The fourth-order valence-electron chi connectivity index (χ4n) is 1.92. The van der Waals surface area contributed by atoms with Crippen LogP contribution < -0.4 is 16.2 Å². The molecule has 21 heavy (non-hydrogen) atoms. The Morgan fingerprint density at radius 3 is 2.67 bits per heavy atom. The molecule has 0 saturated carbocycles. The van der Waals surface area contributed by atoms with Crippen molar-refractivity contribution < 1.29 is 13.7 Å². The number of carbonyl (C=O) groups excluding carboxylic acids is 1. The van der Waals surface area contributed by atoms with E-state index in [-0.39, 0.29) is 5.75 Å². The molecule has 2 aromatic rings. The Kier molecular flexibility index (Phi) is 4.59. The van der Waals surface area contributed by atoms with E-state index in [1.165, 1.54) is 7.11 Å². The highest BCUT2D eigenvalue weighted by molar-refractivity contribution is 7.84. The van der Waals surface area contributed by atoms with Crippen molar-refractivity contribution in [1.82, 2.24) is 0 Å². The molecule has 0 aliphatic heterocycles. The number of benzene rings is 2. The lowest BCUT2D eigenvalue weighted by Crippen LogP contribution is -2.11. The van der Waals surface area contributed by atoms with Crippen LogP contribution >= 0.6 is 0 Å². The van der Waals surface area contributed by atoms with Crippen LogP contribution in [0.25, 0.3) is 0 Å². The largest absolute Gasteiger partial charge is 0.495 e. The number of nitrogen functional groups attached to an aromatic ring is 1. The Bertz CT molecular complexity index is 701. The highest BCUT2D eigenvalue weighted by Crippen LogP contribution is 2.26. The zero-order valence-corrected chi connectivity index (χ0v) is 12.4. The van der Waals surface area contributed by atoms with E-state index >= 15 is 0 Å². The van der Waals surface area contributed by atoms with Gasteiger partial charge in [-0.1, -0.05) is 12.1 Å². The minimum absolute atomic E-state index is 0.265. The van der Waals surface area contributed by atoms with Crippen molar-refractivity contribution in [3.63, 3.8) is 0 Å². The second-order valence-corrected chi connectivity index (χ2v) is 5.88. The van der Waals surface area contributed by atoms with E-state index in [0.29, 0.717) is 21.9 Å². The monoisotopic (exact) mass is 304 g/mol. The van der Waals surface area contributed by atoms with Gasteiger partial charge in [-0.05, 0) is 29.8 Å². The van der Waals surface area contributed by atoms with Gasteiger partial charge in [-0.25, -0.2) is 0 Å². The molecule has 0 heterocycles. The predicted octanol–water partition coefficient (Wildman–Crippen LogP) is 1.68. The third kappa shape index (κ3) is 3.61. The number of methoxy groups -OCH3 is 1. The van der Waals surface area contributed by atoms with Crippen molar-refractivity contribution in [2.75, 3.05) is 12.8 Å². The summed E-state index contributed by atoms with van der Waals surface area (Å²) in [5.74, 6) is 0.244. The predicted molar refractivity (Wildman–Crippen MR) is 82.5 cm³/mol.